The largest absolute Gasteiger partial charge is 0.0985 e. The zero-order chi connectivity index (χ0) is 14.5. The Morgan fingerprint density at radius 1 is 1.05 bits per heavy atom. The highest BCUT2D eigenvalue weighted by Gasteiger charge is 2.03. The monoisotopic (exact) mass is 282 g/mol. The van der Waals surface area contributed by atoms with E-state index in [0.717, 1.165) is 21.4 Å². The SMILES string of the molecule is C=Cc1ccc(Cc2cc(CC)cc(PC)c2)cc1C. The molecule has 0 heterocycles. The Labute approximate surface area is 124 Å². The van der Waals surface area contributed by atoms with Crippen LogP contribution in [-0.4, -0.2) is 6.66 Å². The molecule has 0 aliphatic carbocycles. The van der Waals surface area contributed by atoms with Crippen LogP contribution in [0.4, 0.5) is 0 Å². The molecule has 20 heavy (non-hydrogen) atoms. The maximum atomic E-state index is 3.85. The van der Waals surface area contributed by atoms with Crippen LogP contribution in [0.3, 0.4) is 0 Å². The summed E-state index contributed by atoms with van der Waals surface area (Å²) in [5.74, 6) is 0. The van der Waals surface area contributed by atoms with Crippen molar-refractivity contribution < 1.29 is 0 Å². The fraction of sp³-hybridized carbons (Fsp3) is 0.263. The van der Waals surface area contributed by atoms with Gasteiger partial charge in [0.15, 0.2) is 0 Å². The van der Waals surface area contributed by atoms with Gasteiger partial charge in [-0.2, -0.15) is 0 Å². The molecule has 0 N–H and O–H groups in total. The minimum absolute atomic E-state index is 0.869. The number of aryl methyl sites for hydroxylation is 2. The second-order valence-corrected chi connectivity index (χ2v) is 6.29. The Hall–Kier alpha value is -1.39. The smallest absolute Gasteiger partial charge is 0.00253 e. The van der Waals surface area contributed by atoms with Gasteiger partial charge in [-0.3, -0.25) is 0 Å². The van der Waals surface area contributed by atoms with Crippen LogP contribution in [0.2, 0.25) is 0 Å². The van der Waals surface area contributed by atoms with E-state index in [0.29, 0.717) is 0 Å². The third-order valence-electron chi connectivity index (χ3n) is 3.71. The zero-order valence-corrected chi connectivity index (χ0v) is 13.7. The van der Waals surface area contributed by atoms with E-state index in [4.69, 9.17) is 0 Å². The number of rotatable bonds is 5. The van der Waals surface area contributed by atoms with E-state index >= 15 is 0 Å². The molecule has 104 valence electrons. The minimum atomic E-state index is 0.869. The molecule has 0 amide bonds. The molecule has 0 spiro atoms. The van der Waals surface area contributed by atoms with E-state index < -0.39 is 0 Å². The van der Waals surface area contributed by atoms with Gasteiger partial charge in [0.1, 0.15) is 0 Å². The Balaban J connectivity index is 2.29. The molecule has 2 aromatic rings. The highest BCUT2D eigenvalue weighted by Crippen LogP contribution is 2.18. The van der Waals surface area contributed by atoms with Gasteiger partial charge in [0.25, 0.3) is 0 Å². The van der Waals surface area contributed by atoms with Gasteiger partial charge in [-0.15, -0.1) is 0 Å². The summed E-state index contributed by atoms with van der Waals surface area (Å²) in [6.07, 6.45) is 4.05. The van der Waals surface area contributed by atoms with E-state index in [-0.39, 0.29) is 0 Å². The fourth-order valence-corrected chi connectivity index (χ4v) is 3.19. The van der Waals surface area contributed by atoms with Crippen molar-refractivity contribution in [2.24, 2.45) is 0 Å². The molecule has 0 bridgehead atoms. The van der Waals surface area contributed by atoms with Crippen LogP contribution in [0.15, 0.2) is 43.0 Å². The summed E-state index contributed by atoms with van der Waals surface area (Å²) >= 11 is 0. The molecule has 0 saturated carbocycles. The molecule has 0 nitrogen and oxygen atoms in total. The van der Waals surface area contributed by atoms with Gasteiger partial charge < -0.3 is 0 Å². The summed E-state index contributed by atoms with van der Waals surface area (Å²) < 4.78 is 0. The van der Waals surface area contributed by atoms with Crippen LogP contribution in [0, 0.1) is 6.92 Å². The topological polar surface area (TPSA) is 0 Å². The maximum absolute atomic E-state index is 3.85. The quantitative estimate of drug-likeness (QED) is 0.696. The first-order chi connectivity index (χ1) is 9.66. The van der Waals surface area contributed by atoms with E-state index in [1.165, 1.54) is 33.1 Å². The van der Waals surface area contributed by atoms with Crippen molar-refractivity contribution in [1.29, 1.82) is 0 Å². The first kappa shape index (κ1) is 15.0. The van der Waals surface area contributed by atoms with E-state index in [1.807, 2.05) is 6.08 Å². The van der Waals surface area contributed by atoms with Crippen LogP contribution in [0.1, 0.15) is 34.7 Å². The van der Waals surface area contributed by atoms with Crippen LogP contribution in [0.5, 0.6) is 0 Å². The van der Waals surface area contributed by atoms with Crippen molar-refractivity contribution in [3.05, 3.63) is 70.8 Å². The zero-order valence-electron chi connectivity index (χ0n) is 12.7. The van der Waals surface area contributed by atoms with Gasteiger partial charge in [0, 0.05) is 0 Å². The van der Waals surface area contributed by atoms with Gasteiger partial charge in [-0.25, -0.2) is 0 Å². The number of hydrogen-bond acceptors (Lipinski definition) is 0. The lowest BCUT2D eigenvalue weighted by Crippen LogP contribution is -2.01. The third-order valence-corrected chi connectivity index (χ3v) is 4.58. The predicted octanol–water partition coefficient (Wildman–Crippen LogP) is 4.72. The summed E-state index contributed by atoms with van der Waals surface area (Å²) in [5.41, 5.74) is 6.80. The molecule has 0 aliphatic rings. The first-order valence-corrected chi connectivity index (χ1v) is 8.68. The molecule has 0 aromatic heterocycles. The summed E-state index contributed by atoms with van der Waals surface area (Å²) in [7, 11) is 0.869. The molecule has 0 saturated heterocycles. The summed E-state index contributed by atoms with van der Waals surface area (Å²) in [6.45, 7) is 10.5. The number of benzene rings is 2. The Morgan fingerprint density at radius 3 is 2.40 bits per heavy atom. The molecule has 0 aliphatic heterocycles. The second-order valence-electron chi connectivity index (χ2n) is 5.21. The van der Waals surface area contributed by atoms with Gasteiger partial charge in [0.2, 0.25) is 0 Å². The fourth-order valence-electron chi connectivity index (χ4n) is 2.53. The highest BCUT2D eigenvalue weighted by atomic mass is 31.1. The maximum Gasteiger partial charge on any atom is -0.00253 e. The lowest BCUT2D eigenvalue weighted by molar-refractivity contribution is 1.11. The van der Waals surface area contributed by atoms with Gasteiger partial charge in [-0.1, -0.05) is 64.6 Å². The molecule has 0 radical (unpaired) electrons. The standard InChI is InChI=1S/C19H23P/c1-5-15-10-17(13-19(12-15)20-4)11-16-7-8-18(6-2)14(3)9-16/h6-10,12-13,20H,2,5,11H2,1,3-4H3. The normalized spacial score (nSPS) is 11.2. The molecule has 1 heteroatoms. The first-order valence-electron chi connectivity index (χ1n) is 7.18. The Kier molecular flexibility index (Phi) is 5.15. The van der Waals surface area contributed by atoms with E-state index in [1.54, 1.807) is 0 Å². The van der Waals surface area contributed by atoms with Crippen molar-refractivity contribution in [2.75, 3.05) is 6.66 Å². The van der Waals surface area contributed by atoms with Crippen molar-refractivity contribution in [3.63, 3.8) is 0 Å². The van der Waals surface area contributed by atoms with Crippen LogP contribution < -0.4 is 5.30 Å². The van der Waals surface area contributed by atoms with Gasteiger partial charge in [0.05, 0.1) is 0 Å². The second kappa shape index (κ2) is 6.86. The molecule has 0 fully saturated rings. The van der Waals surface area contributed by atoms with Crippen molar-refractivity contribution in [2.45, 2.75) is 26.7 Å². The van der Waals surface area contributed by atoms with E-state index in [9.17, 15) is 0 Å². The third kappa shape index (κ3) is 3.58. The summed E-state index contributed by atoms with van der Waals surface area (Å²) in [4.78, 5) is 0. The van der Waals surface area contributed by atoms with E-state index in [2.05, 4.69) is 63.5 Å². The molecular weight excluding hydrogens is 259 g/mol. The van der Waals surface area contributed by atoms with Crippen molar-refractivity contribution in [3.8, 4) is 0 Å². The minimum Gasteiger partial charge on any atom is -0.0985 e. The number of hydrogen-bond donors (Lipinski definition) is 0. The molecule has 2 rings (SSSR count). The van der Waals surface area contributed by atoms with Gasteiger partial charge >= 0.3 is 0 Å². The van der Waals surface area contributed by atoms with Crippen LogP contribution in [-0.2, 0) is 12.8 Å². The highest BCUT2D eigenvalue weighted by molar-refractivity contribution is 7.46. The molecule has 1 atom stereocenters. The van der Waals surface area contributed by atoms with Crippen LogP contribution >= 0.6 is 8.58 Å². The lowest BCUT2D eigenvalue weighted by Gasteiger charge is -2.09. The predicted molar refractivity (Wildman–Crippen MR) is 93.8 cm³/mol. The Morgan fingerprint density at radius 2 is 1.80 bits per heavy atom. The van der Waals surface area contributed by atoms with Crippen LogP contribution in [0.25, 0.3) is 6.08 Å². The summed E-state index contributed by atoms with van der Waals surface area (Å²) in [5, 5.41) is 1.47. The van der Waals surface area contributed by atoms with Crippen molar-refractivity contribution >= 4 is 20.0 Å². The molecule has 1 unspecified atom stereocenters. The average molecular weight is 282 g/mol. The Bertz CT molecular complexity index is 589. The van der Waals surface area contributed by atoms with Gasteiger partial charge in [-0.05, 0) is 59.6 Å². The summed E-state index contributed by atoms with van der Waals surface area (Å²) in [6, 6.07) is 13.7. The lowest BCUT2D eigenvalue weighted by atomic mass is 9.98. The average Bonchev–Trinajstić information content (AvgIpc) is 2.47. The molecular formula is C19H23P. The molecule has 2 aromatic carbocycles. The van der Waals surface area contributed by atoms with Crippen molar-refractivity contribution in [1.82, 2.24) is 0 Å².